The van der Waals surface area contributed by atoms with E-state index in [0.29, 0.717) is 6.54 Å². The molecule has 14 heavy (non-hydrogen) atoms. The fourth-order valence-electron chi connectivity index (χ4n) is 1.19. The maximum Gasteiger partial charge on any atom is 0.216 e. The van der Waals surface area contributed by atoms with Gasteiger partial charge in [0.1, 0.15) is 6.29 Å². The number of amides is 1. The van der Waals surface area contributed by atoms with Gasteiger partial charge in [-0.2, -0.15) is 0 Å². The van der Waals surface area contributed by atoms with Crippen molar-refractivity contribution in [3.05, 3.63) is 0 Å². The third kappa shape index (κ3) is 6.60. The molecule has 0 aliphatic carbocycles. The molecular weight excluding hydrogens is 180 g/mol. The second-order valence-corrected chi connectivity index (χ2v) is 3.65. The van der Waals surface area contributed by atoms with Gasteiger partial charge in [-0.15, -0.1) is 0 Å². The summed E-state index contributed by atoms with van der Waals surface area (Å²) in [5.41, 5.74) is 0. The predicted octanol–water partition coefficient (Wildman–Crippen LogP) is 0.422. The summed E-state index contributed by atoms with van der Waals surface area (Å²) >= 11 is 0. The van der Waals surface area contributed by atoms with Gasteiger partial charge in [0, 0.05) is 13.5 Å². The molecule has 0 saturated carbocycles. The third-order valence-corrected chi connectivity index (χ3v) is 2.12. The van der Waals surface area contributed by atoms with Gasteiger partial charge >= 0.3 is 0 Å². The Morgan fingerprint density at radius 2 is 2.07 bits per heavy atom. The molecule has 4 heteroatoms. The van der Waals surface area contributed by atoms with Gasteiger partial charge in [-0.05, 0) is 33.4 Å². The van der Waals surface area contributed by atoms with Crippen LogP contribution in [0.4, 0.5) is 0 Å². The number of carbonyl (C=O) groups excluding carboxylic acids is 2. The Bertz CT molecular complexity index is 181. The van der Waals surface area contributed by atoms with Gasteiger partial charge in [0.2, 0.25) is 5.91 Å². The van der Waals surface area contributed by atoms with Crippen molar-refractivity contribution in [2.45, 2.75) is 32.2 Å². The number of aldehydes is 1. The molecule has 0 aliphatic rings. The highest BCUT2D eigenvalue weighted by molar-refractivity contribution is 5.72. The number of hydrogen-bond donors (Lipinski definition) is 1. The second-order valence-electron chi connectivity index (χ2n) is 3.65. The van der Waals surface area contributed by atoms with Crippen LogP contribution in [-0.4, -0.2) is 43.8 Å². The first kappa shape index (κ1) is 13.1. The van der Waals surface area contributed by atoms with Gasteiger partial charge in [-0.1, -0.05) is 0 Å². The van der Waals surface area contributed by atoms with E-state index in [4.69, 9.17) is 0 Å². The zero-order valence-corrected chi connectivity index (χ0v) is 9.25. The molecule has 0 bridgehead atoms. The van der Waals surface area contributed by atoms with E-state index in [1.54, 1.807) is 0 Å². The Kier molecular flexibility index (Phi) is 7.02. The Morgan fingerprint density at radius 1 is 1.43 bits per heavy atom. The molecule has 0 fully saturated rings. The molecule has 1 atom stereocenters. The minimum Gasteiger partial charge on any atom is -0.356 e. The Morgan fingerprint density at radius 3 is 2.50 bits per heavy atom. The predicted molar refractivity (Wildman–Crippen MR) is 56.1 cm³/mol. The van der Waals surface area contributed by atoms with E-state index < -0.39 is 0 Å². The molecule has 0 aliphatic heterocycles. The van der Waals surface area contributed by atoms with Crippen molar-refractivity contribution in [2.24, 2.45) is 0 Å². The molecule has 0 heterocycles. The molecular formula is C10H20N2O2. The SMILES string of the molecule is CC(=O)NCCCCC(C=O)N(C)C. The highest BCUT2D eigenvalue weighted by atomic mass is 16.1. The molecule has 4 nitrogen and oxygen atoms in total. The van der Waals surface area contributed by atoms with E-state index in [2.05, 4.69) is 5.32 Å². The average Bonchev–Trinajstić information content (AvgIpc) is 2.10. The van der Waals surface area contributed by atoms with Crippen LogP contribution in [-0.2, 0) is 9.59 Å². The Hall–Kier alpha value is -0.900. The van der Waals surface area contributed by atoms with Crippen LogP contribution in [0.1, 0.15) is 26.2 Å². The van der Waals surface area contributed by atoms with Crippen molar-refractivity contribution in [3.63, 3.8) is 0 Å². The van der Waals surface area contributed by atoms with Crippen molar-refractivity contribution < 1.29 is 9.59 Å². The third-order valence-electron chi connectivity index (χ3n) is 2.12. The lowest BCUT2D eigenvalue weighted by Gasteiger charge is -2.17. The maximum atomic E-state index is 10.6. The summed E-state index contributed by atoms with van der Waals surface area (Å²) in [5.74, 6) is 0.00421. The minimum absolute atomic E-state index is 0.00421. The van der Waals surface area contributed by atoms with E-state index in [1.807, 2.05) is 19.0 Å². The monoisotopic (exact) mass is 200 g/mol. The summed E-state index contributed by atoms with van der Waals surface area (Å²) in [6.45, 7) is 2.21. The summed E-state index contributed by atoms with van der Waals surface area (Å²) in [6, 6.07) is 0.00679. The van der Waals surface area contributed by atoms with Gasteiger partial charge in [0.05, 0.1) is 6.04 Å². The van der Waals surface area contributed by atoms with Crippen LogP contribution in [0, 0.1) is 0 Å². The number of unbranched alkanes of at least 4 members (excludes halogenated alkanes) is 1. The lowest BCUT2D eigenvalue weighted by molar-refractivity contribution is -0.119. The highest BCUT2D eigenvalue weighted by Gasteiger charge is 2.08. The van der Waals surface area contributed by atoms with Crippen LogP contribution in [0.2, 0.25) is 0 Å². The van der Waals surface area contributed by atoms with Crippen molar-refractivity contribution >= 4 is 12.2 Å². The summed E-state index contributed by atoms with van der Waals surface area (Å²) in [5, 5.41) is 2.73. The molecule has 0 rings (SSSR count). The lowest BCUT2D eigenvalue weighted by Crippen LogP contribution is -2.29. The van der Waals surface area contributed by atoms with Crippen LogP contribution in [0.15, 0.2) is 0 Å². The number of rotatable bonds is 7. The molecule has 0 aromatic heterocycles. The van der Waals surface area contributed by atoms with Crippen molar-refractivity contribution in [1.29, 1.82) is 0 Å². The van der Waals surface area contributed by atoms with E-state index in [1.165, 1.54) is 6.92 Å². The summed E-state index contributed by atoms with van der Waals surface area (Å²) in [7, 11) is 3.79. The van der Waals surface area contributed by atoms with E-state index >= 15 is 0 Å². The first-order chi connectivity index (χ1) is 6.57. The number of nitrogens with one attached hydrogen (secondary N) is 1. The van der Waals surface area contributed by atoms with Crippen LogP contribution in [0.5, 0.6) is 0 Å². The molecule has 82 valence electrons. The normalized spacial score (nSPS) is 12.6. The largest absolute Gasteiger partial charge is 0.356 e. The Balaban J connectivity index is 3.42. The number of carbonyl (C=O) groups is 2. The summed E-state index contributed by atoms with van der Waals surface area (Å²) < 4.78 is 0. The standard InChI is InChI=1S/C10H20N2O2/c1-9(14)11-7-5-4-6-10(8-13)12(2)3/h8,10H,4-7H2,1-3H3,(H,11,14). The molecule has 1 N–H and O–H groups in total. The average molecular weight is 200 g/mol. The summed E-state index contributed by atoms with van der Waals surface area (Å²) in [6.07, 6.45) is 3.72. The van der Waals surface area contributed by atoms with Gasteiger partial charge in [-0.3, -0.25) is 4.79 Å². The molecule has 0 saturated heterocycles. The van der Waals surface area contributed by atoms with Crippen LogP contribution in [0.25, 0.3) is 0 Å². The number of likely N-dealkylation sites (N-methyl/N-ethyl adjacent to an activating group) is 1. The maximum absolute atomic E-state index is 10.6. The molecule has 1 amide bonds. The summed E-state index contributed by atoms with van der Waals surface area (Å²) in [4.78, 5) is 23.0. The van der Waals surface area contributed by atoms with E-state index in [-0.39, 0.29) is 11.9 Å². The second kappa shape index (κ2) is 7.50. The number of nitrogens with zero attached hydrogens (tertiary/aromatic N) is 1. The van der Waals surface area contributed by atoms with Crippen LogP contribution < -0.4 is 5.32 Å². The minimum atomic E-state index is 0.00421. The first-order valence-corrected chi connectivity index (χ1v) is 4.94. The fraction of sp³-hybridized carbons (Fsp3) is 0.800. The van der Waals surface area contributed by atoms with E-state index in [9.17, 15) is 9.59 Å². The van der Waals surface area contributed by atoms with Crippen molar-refractivity contribution in [2.75, 3.05) is 20.6 Å². The van der Waals surface area contributed by atoms with Gasteiger partial charge in [0.15, 0.2) is 0 Å². The van der Waals surface area contributed by atoms with Crippen LogP contribution in [0.3, 0.4) is 0 Å². The quantitative estimate of drug-likeness (QED) is 0.478. The van der Waals surface area contributed by atoms with Gasteiger partial charge in [0.25, 0.3) is 0 Å². The van der Waals surface area contributed by atoms with Crippen molar-refractivity contribution in [1.82, 2.24) is 10.2 Å². The smallest absolute Gasteiger partial charge is 0.216 e. The first-order valence-electron chi connectivity index (χ1n) is 4.94. The zero-order valence-electron chi connectivity index (χ0n) is 9.25. The molecule has 0 aromatic rings. The fourth-order valence-corrected chi connectivity index (χ4v) is 1.19. The zero-order chi connectivity index (χ0) is 11.0. The number of hydrogen-bond acceptors (Lipinski definition) is 3. The van der Waals surface area contributed by atoms with Gasteiger partial charge < -0.3 is 15.0 Å². The Labute approximate surface area is 85.7 Å². The topological polar surface area (TPSA) is 49.4 Å². The molecule has 0 spiro atoms. The van der Waals surface area contributed by atoms with Crippen molar-refractivity contribution in [3.8, 4) is 0 Å². The van der Waals surface area contributed by atoms with Crippen LogP contribution >= 0.6 is 0 Å². The van der Waals surface area contributed by atoms with E-state index in [0.717, 1.165) is 25.5 Å². The molecule has 1 unspecified atom stereocenters. The highest BCUT2D eigenvalue weighted by Crippen LogP contribution is 2.02. The molecule has 0 aromatic carbocycles. The lowest BCUT2D eigenvalue weighted by atomic mass is 10.1. The molecule has 0 radical (unpaired) electrons. The van der Waals surface area contributed by atoms with Gasteiger partial charge in [-0.25, -0.2) is 0 Å².